The number of nitrogens with zero attached hydrogens (tertiary/aromatic N) is 2. The van der Waals surface area contributed by atoms with Crippen molar-refractivity contribution in [1.82, 2.24) is 4.90 Å². The lowest BCUT2D eigenvalue weighted by molar-refractivity contribution is -0.138. The van der Waals surface area contributed by atoms with Crippen molar-refractivity contribution >= 4 is 5.91 Å². The average molecular weight is 206 g/mol. The van der Waals surface area contributed by atoms with E-state index < -0.39 is 0 Å². The molecule has 15 heavy (non-hydrogen) atoms. The second-order valence-electron chi connectivity index (χ2n) is 4.02. The van der Waals surface area contributed by atoms with Crippen LogP contribution in [0.2, 0.25) is 0 Å². The lowest BCUT2D eigenvalue weighted by Gasteiger charge is -2.31. The van der Waals surface area contributed by atoms with Crippen LogP contribution in [-0.2, 0) is 9.53 Å². The van der Waals surface area contributed by atoms with Crippen molar-refractivity contribution in [3.63, 3.8) is 0 Å². The first-order valence-electron chi connectivity index (χ1n) is 5.28. The van der Waals surface area contributed by atoms with Crippen molar-refractivity contribution < 1.29 is 9.53 Å². The standard InChI is InChI=1S/C11H14N2O2/c1-8-4-5-11(15-9(8)7-12)13-6-2-3-10(13)14/h11H,2-6H2,1H3/t11-/m1/s1. The van der Waals surface area contributed by atoms with Crippen LogP contribution in [0.15, 0.2) is 11.3 Å². The maximum atomic E-state index is 11.5. The molecular formula is C11H14N2O2. The third-order valence-corrected chi connectivity index (χ3v) is 2.97. The molecule has 0 aromatic rings. The first kappa shape index (κ1) is 10.0. The van der Waals surface area contributed by atoms with Crippen LogP contribution in [0, 0.1) is 11.3 Å². The van der Waals surface area contributed by atoms with E-state index in [0.29, 0.717) is 12.2 Å². The molecular weight excluding hydrogens is 192 g/mol. The Labute approximate surface area is 89.1 Å². The fourth-order valence-electron chi connectivity index (χ4n) is 2.06. The van der Waals surface area contributed by atoms with E-state index in [1.165, 1.54) is 0 Å². The Morgan fingerprint density at radius 1 is 1.53 bits per heavy atom. The highest BCUT2D eigenvalue weighted by molar-refractivity contribution is 5.78. The summed E-state index contributed by atoms with van der Waals surface area (Å²) in [4.78, 5) is 13.3. The van der Waals surface area contributed by atoms with Gasteiger partial charge in [-0.1, -0.05) is 0 Å². The smallest absolute Gasteiger partial charge is 0.225 e. The Morgan fingerprint density at radius 3 is 2.93 bits per heavy atom. The molecule has 1 amide bonds. The summed E-state index contributed by atoms with van der Waals surface area (Å²) in [6.07, 6.45) is 2.96. The topological polar surface area (TPSA) is 53.3 Å². The van der Waals surface area contributed by atoms with Gasteiger partial charge in [0.2, 0.25) is 5.91 Å². The minimum absolute atomic E-state index is 0.150. The zero-order chi connectivity index (χ0) is 10.8. The van der Waals surface area contributed by atoms with Gasteiger partial charge in [-0.2, -0.15) is 5.26 Å². The van der Waals surface area contributed by atoms with Gasteiger partial charge in [0.1, 0.15) is 6.07 Å². The van der Waals surface area contributed by atoms with Gasteiger partial charge in [-0.15, -0.1) is 0 Å². The molecule has 0 aromatic heterocycles. The third kappa shape index (κ3) is 1.82. The number of carbonyl (C=O) groups excluding carboxylic acids is 1. The second kappa shape index (κ2) is 3.93. The zero-order valence-electron chi connectivity index (χ0n) is 8.82. The molecule has 2 aliphatic heterocycles. The largest absolute Gasteiger partial charge is 0.460 e. The fourth-order valence-corrected chi connectivity index (χ4v) is 2.06. The molecule has 0 radical (unpaired) electrons. The van der Waals surface area contributed by atoms with Crippen LogP contribution in [0.25, 0.3) is 0 Å². The lowest BCUT2D eigenvalue weighted by Crippen LogP contribution is -2.39. The molecule has 0 bridgehead atoms. The van der Waals surface area contributed by atoms with Crippen molar-refractivity contribution in [2.24, 2.45) is 0 Å². The van der Waals surface area contributed by atoms with Gasteiger partial charge in [0.15, 0.2) is 12.0 Å². The highest BCUT2D eigenvalue weighted by Crippen LogP contribution is 2.27. The van der Waals surface area contributed by atoms with Crippen molar-refractivity contribution in [2.45, 2.75) is 38.8 Å². The lowest BCUT2D eigenvalue weighted by atomic mass is 10.1. The van der Waals surface area contributed by atoms with Crippen LogP contribution in [-0.4, -0.2) is 23.6 Å². The molecule has 0 spiro atoms. The van der Waals surface area contributed by atoms with Gasteiger partial charge in [-0.25, -0.2) is 0 Å². The van der Waals surface area contributed by atoms with Crippen LogP contribution in [0.4, 0.5) is 0 Å². The fraction of sp³-hybridized carbons (Fsp3) is 0.636. The average Bonchev–Trinajstić information content (AvgIpc) is 2.65. The van der Waals surface area contributed by atoms with Gasteiger partial charge in [-0.3, -0.25) is 4.79 Å². The summed E-state index contributed by atoms with van der Waals surface area (Å²) in [5, 5.41) is 8.85. The summed E-state index contributed by atoms with van der Waals surface area (Å²) in [5.41, 5.74) is 0.986. The third-order valence-electron chi connectivity index (χ3n) is 2.97. The number of allylic oxidation sites excluding steroid dienone is 2. The van der Waals surface area contributed by atoms with Crippen LogP contribution >= 0.6 is 0 Å². The van der Waals surface area contributed by atoms with Gasteiger partial charge >= 0.3 is 0 Å². The van der Waals surface area contributed by atoms with E-state index in [4.69, 9.17) is 10.00 Å². The van der Waals surface area contributed by atoms with Gasteiger partial charge in [0, 0.05) is 19.4 Å². The molecule has 0 N–H and O–H groups in total. The minimum Gasteiger partial charge on any atom is -0.460 e. The zero-order valence-corrected chi connectivity index (χ0v) is 8.82. The molecule has 2 heterocycles. The van der Waals surface area contributed by atoms with E-state index in [0.717, 1.165) is 31.4 Å². The van der Waals surface area contributed by atoms with E-state index in [1.54, 1.807) is 4.90 Å². The molecule has 0 unspecified atom stereocenters. The Hall–Kier alpha value is -1.50. The van der Waals surface area contributed by atoms with E-state index in [1.807, 2.05) is 13.0 Å². The number of hydrogen-bond acceptors (Lipinski definition) is 3. The predicted octanol–water partition coefficient (Wildman–Crippen LogP) is 1.54. The number of carbonyl (C=O) groups is 1. The molecule has 1 saturated heterocycles. The summed E-state index contributed by atoms with van der Waals surface area (Å²) < 4.78 is 5.53. The first-order valence-corrected chi connectivity index (χ1v) is 5.28. The maximum absolute atomic E-state index is 11.5. The molecule has 1 atom stereocenters. The first-order chi connectivity index (χ1) is 7.22. The Kier molecular flexibility index (Phi) is 2.63. The van der Waals surface area contributed by atoms with Crippen LogP contribution < -0.4 is 0 Å². The summed E-state index contributed by atoms with van der Waals surface area (Å²) in [7, 11) is 0. The van der Waals surface area contributed by atoms with Gasteiger partial charge in [0.05, 0.1) is 0 Å². The van der Waals surface area contributed by atoms with E-state index in [-0.39, 0.29) is 12.1 Å². The monoisotopic (exact) mass is 206 g/mol. The molecule has 2 aliphatic rings. The molecule has 0 saturated carbocycles. The van der Waals surface area contributed by atoms with Crippen molar-refractivity contribution in [3.8, 4) is 6.07 Å². The van der Waals surface area contributed by atoms with Crippen molar-refractivity contribution in [2.75, 3.05) is 6.54 Å². The van der Waals surface area contributed by atoms with Gasteiger partial charge < -0.3 is 9.64 Å². The van der Waals surface area contributed by atoms with E-state index >= 15 is 0 Å². The van der Waals surface area contributed by atoms with Crippen molar-refractivity contribution in [1.29, 1.82) is 5.26 Å². The molecule has 0 aliphatic carbocycles. The number of likely N-dealkylation sites (tertiary alicyclic amines) is 1. The number of rotatable bonds is 1. The Balaban J connectivity index is 2.09. The highest BCUT2D eigenvalue weighted by atomic mass is 16.5. The van der Waals surface area contributed by atoms with Crippen molar-refractivity contribution in [3.05, 3.63) is 11.3 Å². The predicted molar refractivity (Wildman–Crippen MR) is 53.4 cm³/mol. The van der Waals surface area contributed by atoms with Gasteiger partial charge in [-0.05, 0) is 25.3 Å². The van der Waals surface area contributed by atoms with Crippen LogP contribution in [0.5, 0.6) is 0 Å². The van der Waals surface area contributed by atoms with Crippen LogP contribution in [0.1, 0.15) is 32.6 Å². The number of ether oxygens (including phenoxy) is 1. The summed E-state index contributed by atoms with van der Waals surface area (Å²) in [6, 6.07) is 2.04. The number of amides is 1. The Morgan fingerprint density at radius 2 is 2.33 bits per heavy atom. The molecule has 0 aromatic carbocycles. The van der Waals surface area contributed by atoms with E-state index in [2.05, 4.69) is 0 Å². The number of nitriles is 1. The number of hydrogen-bond donors (Lipinski definition) is 0. The Bertz CT molecular complexity index is 354. The summed E-state index contributed by atoms with van der Waals surface area (Å²) >= 11 is 0. The molecule has 4 nitrogen and oxygen atoms in total. The maximum Gasteiger partial charge on any atom is 0.225 e. The van der Waals surface area contributed by atoms with Gasteiger partial charge in [0.25, 0.3) is 0 Å². The molecule has 80 valence electrons. The highest BCUT2D eigenvalue weighted by Gasteiger charge is 2.31. The molecule has 1 fully saturated rings. The summed E-state index contributed by atoms with van der Waals surface area (Å²) in [6.45, 7) is 2.67. The quantitative estimate of drug-likeness (QED) is 0.654. The van der Waals surface area contributed by atoms with Crippen LogP contribution in [0.3, 0.4) is 0 Å². The SMILES string of the molecule is CC1=C(C#N)O[C@@H](N2CCCC2=O)CC1. The summed E-state index contributed by atoms with van der Waals surface area (Å²) in [5.74, 6) is 0.544. The molecule has 4 heteroatoms. The normalized spacial score (nSPS) is 26.5. The second-order valence-corrected chi connectivity index (χ2v) is 4.02. The minimum atomic E-state index is -0.210. The molecule has 2 rings (SSSR count). The van der Waals surface area contributed by atoms with E-state index in [9.17, 15) is 4.79 Å².